The number of hydrogen-bond acceptors (Lipinski definition) is 5. The van der Waals surface area contributed by atoms with E-state index < -0.39 is 10.9 Å². The molecule has 0 spiro atoms. The molecule has 1 N–H and O–H groups in total. The monoisotopic (exact) mass is 313 g/mol. The van der Waals surface area contributed by atoms with E-state index >= 15 is 0 Å². The maximum absolute atomic E-state index is 10.9. The van der Waals surface area contributed by atoms with Gasteiger partial charge in [-0.25, -0.2) is 4.79 Å². The van der Waals surface area contributed by atoms with Gasteiger partial charge in [0.2, 0.25) is 5.76 Å². The Morgan fingerprint density at radius 3 is 2.75 bits per heavy atom. The van der Waals surface area contributed by atoms with Gasteiger partial charge in [-0.3, -0.25) is 10.1 Å². The fourth-order valence-corrected chi connectivity index (χ4v) is 2.55. The molecule has 0 fully saturated rings. The Kier molecular flexibility index (Phi) is 4.31. The van der Waals surface area contributed by atoms with E-state index in [1.165, 1.54) is 30.3 Å². The third-order valence-electron chi connectivity index (χ3n) is 2.40. The van der Waals surface area contributed by atoms with Crippen LogP contribution in [0.25, 0.3) is 0 Å². The van der Waals surface area contributed by atoms with Crippen LogP contribution in [0.4, 0.5) is 5.69 Å². The molecule has 1 heterocycles. The molecule has 2 aromatic rings. The first kappa shape index (κ1) is 14.4. The molecule has 2 rings (SSSR count). The maximum atomic E-state index is 10.9. The summed E-state index contributed by atoms with van der Waals surface area (Å²) in [6.07, 6.45) is 0. The van der Waals surface area contributed by atoms with E-state index in [1.54, 1.807) is 0 Å². The molecular formula is C12H8ClNO5S. The van der Waals surface area contributed by atoms with Gasteiger partial charge in [0, 0.05) is 22.4 Å². The van der Waals surface area contributed by atoms with Crippen molar-refractivity contribution in [3.05, 3.63) is 56.8 Å². The zero-order valence-corrected chi connectivity index (χ0v) is 11.5. The first-order chi connectivity index (χ1) is 9.47. The predicted molar refractivity (Wildman–Crippen MR) is 73.3 cm³/mol. The fraction of sp³-hybridized carbons (Fsp3) is 0.0833. The zero-order chi connectivity index (χ0) is 14.7. The van der Waals surface area contributed by atoms with Crippen molar-refractivity contribution in [1.29, 1.82) is 0 Å². The standard InChI is InChI=1S/C12H8ClNO5S/c13-8-1-2-9(14(17)18)7(5-8)6-20-11-4-3-10(19-11)12(15)16/h1-5H,6H2,(H,15,16). The number of benzene rings is 1. The summed E-state index contributed by atoms with van der Waals surface area (Å²) in [7, 11) is 0. The minimum absolute atomic E-state index is 0.0353. The lowest BCUT2D eigenvalue weighted by molar-refractivity contribution is -0.385. The molecule has 0 aliphatic carbocycles. The molecule has 0 aliphatic heterocycles. The number of thioether (sulfide) groups is 1. The number of carboxylic acid groups (broad SMARTS) is 1. The molecule has 0 unspecified atom stereocenters. The van der Waals surface area contributed by atoms with Gasteiger partial charge >= 0.3 is 5.97 Å². The van der Waals surface area contributed by atoms with Gasteiger partial charge in [0.25, 0.3) is 5.69 Å². The van der Waals surface area contributed by atoms with E-state index in [1.807, 2.05) is 0 Å². The highest BCUT2D eigenvalue weighted by Crippen LogP contribution is 2.30. The van der Waals surface area contributed by atoms with Crippen molar-refractivity contribution in [1.82, 2.24) is 0 Å². The molecule has 0 atom stereocenters. The number of carbonyl (C=O) groups is 1. The number of hydrogen-bond donors (Lipinski definition) is 1. The van der Waals surface area contributed by atoms with Gasteiger partial charge in [0.05, 0.1) is 4.92 Å². The van der Waals surface area contributed by atoms with Gasteiger partial charge in [-0.1, -0.05) is 23.4 Å². The summed E-state index contributed by atoms with van der Waals surface area (Å²) < 4.78 is 5.06. The van der Waals surface area contributed by atoms with Gasteiger partial charge in [-0.05, 0) is 24.3 Å². The van der Waals surface area contributed by atoms with Crippen molar-refractivity contribution >= 4 is 35.0 Å². The van der Waals surface area contributed by atoms with Gasteiger partial charge < -0.3 is 9.52 Å². The second-order valence-electron chi connectivity index (χ2n) is 3.74. The topological polar surface area (TPSA) is 93.6 Å². The Hall–Kier alpha value is -1.99. The summed E-state index contributed by atoms with van der Waals surface area (Å²) in [5.41, 5.74) is 0.410. The Balaban J connectivity index is 2.15. The average Bonchev–Trinajstić information content (AvgIpc) is 2.85. The van der Waals surface area contributed by atoms with Crippen LogP contribution in [-0.2, 0) is 5.75 Å². The molecule has 0 amide bonds. The minimum Gasteiger partial charge on any atom is -0.475 e. The van der Waals surface area contributed by atoms with E-state index in [4.69, 9.17) is 21.1 Å². The largest absolute Gasteiger partial charge is 0.475 e. The molecule has 8 heteroatoms. The van der Waals surface area contributed by atoms with Crippen molar-refractivity contribution < 1.29 is 19.2 Å². The van der Waals surface area contributed by atoms with Crippen LogP contribution in [-0.4, -0.2) is 16.0 Å². The number of nitrogens with zero attached hydrogens (tertiary/aromatic N) is 1. The van der Waals surface area contributed by atoms with Crippen LogP contribution >= 0.6 is 23.4 Å². The first-order valence-corrected chi connectivity index (χ1v) is 6.72. The van der Waals surface area contributed by atoms with E-state index in [-0.39, 0.29) is 17.2 Å². The molecule has 1 aromatic heterocycles. The molecule has 1 aromatic carbocycles. The van der Waals surface area contributed by atoms with E-state index in [0.29, 0.717) is 15.7 Å². The van der Waals surface area contributed by atoms with Gasteiger partial charge in [-0.15, -0.1) is 0 Å². The number of carboxylic acids is 1. The number of furan rings is 1. The lowest BCUT2D eigenvalue weighted by Crippen LogP contribution is -1.94. The summed E-state index contributed by atoms with van der Waals surface area (Å²) in [5.74, 6) is -1.08. The van der Waals surface area contributed by atoms with Crippen LogP contribution in [0.5, 0.6) is 0 Å². The SMILES string of the molecule is O=C(O)c1ccc(SCc2cc(Cl)ccc2[N+](=O)[O-])o1. The third-order valence-corrected chi connectivity index (χ3v) is 3.59. The summed E-state index contributed by atoms with van der Waals surface area (Å²) in [4.78, 5) is 21.1. The highest BCUT2D eigenvalue weighted by atomic mass is 35.5. The Labute approximate surface area is 122 Å². The van der Waals surface area contributed by atoms with Crippen LogP contribution in [0.1, 0.15) is 16.1 Å². The quantitative estimate of drug-likeness (QED) is 0.512. The third kappa shape index (κ3) is 3.31. The lowest BCUT2D eigenvalue weighted by Gasteiger charge is -2.02. The van der Waals surface area contributed by atoms with Gasteiger partial charge in [-0.2, -0.15) is 0 Å². The Morgan fingerprint density at radius 2 is 2.15 bits per heavy atom. The van der Waals surface area contributed by atoms with Crippen molar-refractivity contribution in [3.63, 3.8) is 0 Å². The van der Waals surface area contributed by atoms with E-state index in [0.717, 1.165) is 11.8 Å². The lowest BCUT2D eigenvalue weighted by atomic mass is 10.2. The summed E-state index contributed by atoms with van der Waals surface area (Å²) >= 11 is 6.97. The second-order valence-corrected chi connectivity index (χ2v) is 5.16. The van der Waals surface area contributed by atoms with Crippen LogP contribution in [0.15, 0.2) is 39.8 Å². The molecule has 0 bridgehead atoms. The molecule has 104 valence electrons. The van der Waals surface area contributed by atoms with Crippen molar-refractivity contribution in [2.24, 2.45) is 0 Å². The summed E-state index contributed by atoms with van der Waals surface area (Å²) in [6, 6.07) is 7.13. The van der Waals surface area contributed by atoms with Crippen molar-refractivity contribution in [2.45, 2.75) is 10.8 Å². The van der Waals surface area contributed by atoms with Crippen molar-refractivity contribution in [2.75, 3.05) is 0 Å². The molecule has 0 saturated heterocycles. The number of rotatable bonds is 5. The van der Waals surface area contributed by atoms with E-state index in [9.17, 15) is 14.9 Å². The molecular weight excluding hydrogens is 306 g/mol. The number of nitro groups is 1. The predicted octanol–water partition coefficient (Wildman–Crippen LogP) is 3.83. The first-order valence-electron chi connectivity index (χ1n) is 5.36. The van der Waals surface area contributed by atoms with Gasteiger partial charge in [0.15, 0.2) is 5.09 Å². The second kappa shape index (κ2) is 5.98. The van der Waals surface area contributed by atoms with Crippen LogP contribution in [0, 0.1) is 10.1 Å². The van der Waals surface area contributed by atoms with E-state index in [2.05, 4.69) is 0 Å². The average molecular weight is 314 g/mol. The molecule has 0 aliphatic rings. The number of nitro benzene ring substituents is 1. The number of aromatic carboxylic acids is 1. The Bertz CT molecular complexity index is 670. The number of halogens is 1. The molecule has 6 nitrogen and oxygen atoms in total. The minimum atomic E-state index is -1.16. The molecule has 0 radical (unpaired) electrons. The van der Waals surface area contributed by atoms with Crippen LogP contribution < -0.4 is 0 Å². The summed E-state index contributed by atoms with van der Waals surface area (Å²) in [5, 5.41) is 20.4. The molecule has 20 heavy (non-hydrogen) atoms. The highest BCUT2D eigenvalue weighted by Gasteiger charge is 2.15. The smallest absolute Gasteiger partial charge is 0.371 e. The van der Waals surface area contributed by atoms with Gasteiger partial charge in [0.1, 0.15) is 0 Å². The normalized spacial score (nSPS) is 10.4. The van der Waals surface area contributed by atoms with Crippen LogP contribution in [0.2, 0.25) is 5.02 Å². The summed E-state index contributed by atoms with van der Waals surface area (Å²) in [6.45, 7) is 0. The zero-order valence-electron chi connectivity index (χ0n) is 9.91. The fourth-order valence-electron chi connectivity index (χ4n) is 1.51. The highest BCUT2D eigenvalue weighted by molar-refractivity contribution is 7.98. The maximum Gasteiger partial charge on any atom is 0.371 e. The van der Waals surface area contributed by atoms with Crippen molar-refractivity contribution in [3.8, 4) is 0 Å². The molecule has 0 saturated carbocycles. The van der Waals surface area contributed by atoms with Crippen LogP contribution in [0.3, 0.4) is 0 Å². The Morgan fingerprint density at radius 1 is 1.40 bits per heavy atom.